The largest absolute Gasteiger partial charge is 0.444 e. The van der Waals surface area contributed by atoms with Crippen LogP contribution in [0.15, 0.2) is 57.9 Å². The molecular formula is C22H26ClIN4O. The minimum absolute atomic E-state index is 0. The average Bonchev–Trinajstić information content (AvgIpc) is 3.02. The molecule has 0 aliphatic heterocycles. The molecule has 154 valence electrons. The molecular weight excluding hydrogens is 499 g/mol. The van der Waals surface area contributed by atoms with Crippen LogP contribution in [0.25, 0.3) is 11.1 Å². The molecule has 29 heavy (non-hydrogen) atoms. The summed E-state index contributed by atoms with van der Waals surface area (Å²) in [5, 5.41) is 7.27. The number of nitrogens with one attached hydrogen (secondary N) is 2. The Bertz CT molecular complexity index is 934. The van der Waals surface area contributed by atoms with Gasteiger partial charge in [0.1, 0.15) is 5.76 Å². The lowest BCUT2D eigenvalue weighted by Gasteiger charge is -2.12. The van der Waals surface area contributed by atoms with E-state index in [0.717, 1.165) is 45.7 Å². The maximum Gasteiger partial charge on any atom is 0.214 e. The summed E-state index contributed by atoms with van der Waals surface area (Å²) in [6.45, 7) is 7.71. The predicted octanol–water partition coefficient (Wildman–Crippen LogP) is 5.49. The molecule has 0 fully saturated rings. The van der Waals surface area contributed by atoms with Crippen molar-refractivity contribution in [1.82, 2.24) is 15.6 Å². The van der Waals surface area contributed by atoms with Gasteiger partial charge < -0.3 is 15.1 Å². The first-order chi connectivity index (χ1) is 13.6. The molecule has 0 aliphatic rings. The molecule has 2 N–H and O–H groups in total. The fraction of sp³-hybridized carbons (Fsp3) is 0.273. The van der Waals surface area contributed by atoms with Crippen LogP contribution in [0.2, 0.25) is 5.02 Å². The number of aliphatic imine (C=N–C) groups is 1. The van der Waals surface area contributed by atoms with Crippen molar-refractivity contribution in [2.24, 2.45) is 4.99 Å². The molecule has 0 saturated heterocycles. The molecule has 0 unspecified atom stereocenters. The zero-order chi connectivity index (χ0) is 19.9. The second-order valence-electron chi connectivity index (χ2n) is 6.46. The van der Waals surface area contributed by atoms with Crippen molar-refractivity contribution >= 4 is 41.5 Å². The van der Waals surface area contributed by atoms with Crippen molar-refractivity contribution in [3.63, 3.8) is 0 Å². The highest BCUT2D eigenvalue weighted by Gasteiger charge is 2.08. The Labute approximate surface area is 194 Å². The van der Waals surface area contributed by atoms with E-state index in [2.05, 4.69) is 27.8 Å². The SMILES string of the molecule is CCNC(=NCc1ccccc1-c1ccc(Cl)cc1)NCc1nc(C)c(C)o1.I. The number of hydrogen-bond donors (Lipinski definition) is 2. The van der Waals surface area contributed by atoms with Gasteiger partial charge in [0.25, 0.3) is 0 Å². The van der Waals surface area contributed by atoms with Crippen LogP contribution in [0.5, 0.6) is 0 Å². The minimum Gasteiger partial charge on any atom is -0.444 e. The van der Waals surface area contributed by atoms with Gasteiger partial charge >= 0.3 is 0 Å². The van der Waals surface area contributed by atoms with Gasteiger partial charge in [-0.3, -0.25) is 0 Å². The third kappa shape index (κ3) is 6.47. The lowest BCUT2D eigenvalue weighted by atomic mass is 10.00. The zero-order valence-corrected chi connectivity index (χ0v) is 19.9. The van der Waals surface area contributed by atoms with Crippen LogP contribution < -0.4 is 10.6 Å². The van der Waals surface area contributed by atoms with Gasteiger partial charge in [-0.1, -0.05) is 48.0 Å². The highest BCUT2D eigenvalue weighted by Crippen LogP contribution is 2.25. The first-order valence-electron chi connectivity index (χ1n) is 9.35. The summed E-state index contributed by atoms with van der Waals surface area (Å²) < 4.78 is 5.63. The number of benzene rings is 2. The molecule has 0 bridgehead atoms. The first kappa shape index (κ1) is 23.2. The van der Waals surface area contributed by atoms with E-state index in [-0.39, 0.29) is 24.0 Å². The summed E-state index contributed by atoms with van der Waals surface area (Å²) >= 11 is 6.02. The van der Waals surface area contributed by atoms with E-state index in [1.54, 1.807) is 0 Å². The molecule has 0 amide bonds. The summed E-state index contributed by atoms with van der Waals surface area (Å²) in [6.07, 6.45) is 0. The number of aryl methyl sites for hydroxylation is 2. The summed E-state index contributed by atoms with van der Waals surface area (Å²) in [4.78, 5) is 9.13. The van der Waals surface area contributed by atoms with E-state index in [0.29, 0.717) is 19.0 Å². The maximum atomic E-state index is 6.02. The standard InChI is InChI=1S/C22H25ClN4O.HI/c1-4-24-22(26-14-21-27-15(2)16(3)28-21)25-13-18-7-5-6-8-20(18)17-9-11-19(23)12-10-17;/h5-12H,4,13-14H2,1-3H3,(H2,24,25,26);1H. The van der Waals surface area contributed by atoms with E-state index < -0.39 is 0 Å². The fourth-order valence-corrected chi connectivity index (χ4v) is 2.98. The van der Waals surface area contributed by atoms with Crippen molar-refractivity contribution in [2.75, 3.05) is 6.54 Å². The van der Waals surface area contributed by atoms with Crippen molar-refractivity contribution in [2.45, 2.75) is 33.9 Å². The van der Waals surface area contributed by atoms with E-state index in [4.69, 9.17) is 21.0 Å². The Balaban J connectivity index is 0.00000300. The van der Waals surface area contributed by atoms with Gasteiger partial charge in [0.05, 0.1) is 18.8 Å². The van der Waals surface area contributed by atoms with Crippen LogP contribution in [-0.4, -0.2) is 17.5 Å². The number of nitrogens with zero attached hydrogens (tertiary/aromatic N) is 2. The van der Waals surface area contributed by atoms with Crippen LogP contribution >= 0.6 is 35.6 Å². The van der Waals surface area contributed by atoms with Crippen molar-refractivity contribution in [3.8, 4) is 11.1 Å². The predicted molar refractivity (Wildman–Crippen MR) is 130 cm³/mol. The number of halogens is 2. The number of rotatable bonds is 6. The number of hydrogen-bond acceptors (Lipinski definition) is 3. The molecule has 0 radical (unpaired) electrons. The number of aromatic nitrogens is 1. The van der Waals surface area contributed by atoms with Crippen LogP contribution in [0, 0.1) is 13.8 Å². The normalized spacial score (nSPS) is 11.1. The monoisotopic (exact) mass is 524 g/mol. The van der Waals surface area contributed by atoms with Crippen molar-refractivity contribution < 1.29 is 4.42 Å². The van der Waals surface area contributed by atoms with Gasteiger partial charge in [-0.2, -0.15) is 0 Å². The first-order valence-corrected chi connectivity index (χ1v) is 9.73. The quantitative estimate of drug-likeness (QED) is 0.254. The second-order valence-corrected chi connectivity index (χ2v) is 6.90. The molecule has 1 aromatic heterocycles. The van der Waals surface area contributed by atoms with E-state index >= 15 is 0 Å². The summed E-state index contributed by atoms with van der Waals surface area (Å²) in [5.74, 6) is 2.22. The van der Waals surface area contributed by atoms with Gasteiger partial charge in [0.2, 0.25) is 5.89 Å². The Morgan fingerprint density at radius 2 is 1.79 bits per heavy atom. The molecule has 0 saturated carbocycles. The number of guanidine groups is 1. The Morgan fingerprint density at radius 1 is 1.07 bits per heavy atom. The lowest BCUT2D eigenvalue weighted by molar-refractivity contribution is 0.463. The molecule has 0 atom stereocenters. The zero-order valence-electron chi connectivity index (χ0n) is 16.8. The molecule has 2 aromatic carbocycles. The van der Waals surface area contributed by atoms with Gasteiger partial charge in [-0.15, -0.1) is 24.0 Å². The topological polar surface area (TPSA) is 62.5 Å². The molecule has 1 heterocycles. The second kappa shape index (κ2) is 11.2. The van der Waals surface area contributed by atoms with E-state index in [1.807, 2.05) is 57.2 Å². The van der Waals surface area contributed by atoms with E-state index in [9.17, 15) is 0 Å². The third-order valence-electron chi connectivity index (χ3n) is 4.40. The van der Waals surface area contributed by atoms with Crippen molar-refractivity contribution in [1.29, 1.82) is 0 Å². The Kier molecular flexibility index (Phi) is 8.98. The highest BCUT2D eigenvalue weighted by molar-refractivity contribution is 14.0. The van der Waals surface area contributed by atoms with Gasteiger partial charge in [-0.25, -0.2) is 9.98 Å². The average molecular weight is 525 g/mol. The molecule has 3 rings (SSSR count). The molecule has 3 aromatic rings. The maximum absolute atomic E-state index is 6.02. The van der Waals surface area contributed by atoms with Crippen LogP contribution in [0.4, 0.5) is 0 Å². The third-order valence-corrected chi connectivity index (χ3v) is 4.66. The lowest BCUT2D eigenvalue weighted by Crippen LogP contribution is -2.36. The summed E-state index contributed by atoms with van der Waals surface area (Å²) in [7, 11) is 0. The Hall–Kier alpha value is -2.06. The summed E-state index contributed by atoms with van der Waals surface area (Å²) in [6, 6.07) is 16.1. The van der Waals surface area contributed by atoms with Crippen LogP contribution in [0.1, 0.15) is 29.8 Å². The van der Waals surface area contributed by atoms with Crippen LogP contribution in [0.3, 0.4) is 0 Å². The van der Waals surface area contributed by atoms with Gasteiger partial charge in [0, 0.05) is 11.6 Å². The van der Waals surface area contributed by atoms with Gasteiger partial charge in [-0.05, 0) is 49.6 Å². The van der Waals surface area contributed by atoms with Gasteiger partial charge in [0.15, 0.2) is 5.96 Å². The molecule has 5 nitrogen and oxygen atoms in total. The molecule has 0 spiro atoms. The highest BCUT2D eigenvalue weighted by atomic mass is 127. The van der Waals surface area contributed by atoms with Crippen LogP contribution in [-0.2, 0) is 13.1 Å². The minimum atomic E-state index is 0. The smallest absolute Gasteiger partial charge is 0.214 e. The Morgan fingerprint density at radius 3 is 2.45 bits per heavy atom. The molecule has 0 aliphatic carbocycles. The number of oxazole rings is 1. The molecule has 7 heteroatoms. The van der Waals surface area contributed by atoms with E-state index in [1.165, 1.54) is 0 Å². The summed E-state index contributed by atoms with van der Waals surface area (Å²) in [5.41, 5.74) is 4.33. The fourth-order valence-electron chi connectivity index (χ4n) is 2.85. The van der Waals surface area contributed by atoms with Crippen molar-refractivity contribution in [3.05, 3.63) is 76.5 Å².